The fourth-order valence-electron chi connectivity index (χ4n) is 23.6. The van der Waals surface area contributed by atoms with Crippen LogP contribution >= 0.6 is 0 Å². The van der Waals surface area contributed by atoms with Crippen molar-refractivity contribution >= 4 is 80.7 Å². The SMILES string of the molecule is C1CCCC1.C1CCCC1.C1CCCC1.C1CCCC1.CC[Si](C)(C)C1CCCC1.CC[Si](C)(C)C1[CH-]CCC1.CC[Si](C)(C)C1[CH-]CCC1.CC[Si](C)(CC)C1CCCC1.CC[Si](C)(CC)C1[CH-]CCC1.CC[Si](C)(CC)C1[CH-]CCC1.CC[Si](CC)(CC)C1[CH-]CCC1.C[Si](C)(C)C1CCCC1.C[Si](C)(C)C1[CH-]CCC1.C[Si](C)(C)C1[CH-]CCC1.[CH3-].[CH3-].[CH3-].[CH3-].[CH3-].[CH3-].[CH3-].[Ni+2].[Ni+2].[Ni+2].[Ni+2].[Ni+2].[Ni+2].[Ni+2]. The Kier molecular flexibility index (Phi) is 123. The van der Waals surface area contributed by atoms with E-state index in [2.05, 4.69) is 246 Å². The molecule has 136 heavy (non-hydrogen) atoms. The molecule has 0 bridgehead atoms. The monoisotopic (exact) mass is 2370 g/mol. The van der Waals surface area contributed by atoms with Crippen LogP contribution in [0.15, 0.2) is 0 Å². The Morgan fingerprint density at radius 1 is 0.154 bits per heavy atom. The van der Waals surface area contributed by atoms with E-state index in [4.69, 9.17) is 0 Å². The van der Waals surface area contributed by atoms with Gasteiger partial charge in [0.05, 0.1) is 16.1 Å². The van der Waals surface area contributed by atoms with Crippen LogP contribution in [0.25, 0.3) is 0 Å². The molecule has 0 heterocycles. The number of hydrogen-bond acceptors (Lipinski definition) is 0. The smallest absolute Gasteiger partial charge is 0.358 e. The Morgan fingerprint density at radius 2 is 0.331 bits per heavy atom. The van der Waals surface area contributed by atoms with Crippen molar-refractivity contribution in [3.8, 4) is 0 Å². The second-order valence-electron chi connectivity index (χ2n) is 49.1. The van der Waals surface area contributed by atoms with Gasteiger partial charge < -0.3 is 96.9 Å². The predicted octanol–water partition coefficient (Wildman–Crippen LogP) is 47.0. The number of hydrogen-bond donors (Lipinski definition) is 0. The molecule has 0 nitrogen and oxygen atoms in total. The summed E-state index contributed by atoms with van der Waals surface area (Å²) in [6, 6.07) is 17.8. The van der Waals surface area contributed by atoms with E-state index in [9.17, 15) is 0 Å². The minimum absolute atomic E-state index is 0. The van der Waals surface area contributed by atoms with Gasteiger partial charge in [-0.3, -0.25) is 0 Å². The maximum Gasteiger partial charge on any atom is 2.00 e. The maximum absolute atomic E-state index is 2.64. The van der Waals surface area contributed by atoms with Gasteiger partial charge in [-0.05, 0) is 16.6 Å². The Hall–Kier alpha value is 5.62. The topological polar surface area (TPSA) is 0 Å². The first-order valence-corrected chi connectivity index (χ1v) is 88.9. The van der Waals surface area contributed by atoms with Crippen LogP contribution in [0.3, 0.4) is 0 Å². The second-order valence-corrected chi connectivity index (χ2v) is 104. The molecule has 0 spiro atoms. The van der Waals surface area contributed by atoms with Gasteiger partial charge in [0.15, 0.2) is 0 Å². The third kappa shape index (κ3) is 73.1. The predicted molar refractivity (Wildman–Crippen MR) is 646 cm³/mol. The zero-order valence-corrected chi connectivity index (χ0v) is 117. The van der Waals surface area contributed by atoms with Crippen molar-refractivity contribution in [2.75, 3.05) is 0 Å². The second kappa shape index (κ2) is 97.6. The zero-order chi connectivity index (χ0) is 91.7. The fourth-order valence-corrected chi connectivity index (χ4v) is 51.2. The molecule has 0 N–H and O–H groups in total. The van der Waals surface area contributed by atoms with E-state index >= 15 is 0 Å². The summed E-state index contributed by atoms with van der Waals surface area (Å²) in [6.45, 7) is 74.1. The summed E-state index contributed by atoms with van der Waals surface area (Å²) in [5, 5.41) is 0. The van der Waals surface area contributed by atoms with Crippen molar-refractivity contribution in [2.24, 2.45) is 0 Å². The van der Waals surface area contributed by atoms with E-state index in [1.54, 1.807) is 25.7 Å². The summed E-state index contributed by atoms with van der Waals surface area (Å²) in [6.07, 6.45) is 96.9. The van der Waals surface area contributed by atoms with E-state index in [1.165, 1.54) is 393 Å². The Labute approximate surface area is 952 Å². The maximum atomic E-state index is 2.64. The molecule has 14 saturated carbocycles. The van der Waals surface area contributed by atoms with Gasteiger partial charge in [0.25, 0.3) is 0 Å². The fraction of sp³-hybridized carbons (Fsp3) is 0.882. The molecule has 14 fully saturated rings. The van der Waals surface area contributed by atoms with Crippen LogP contribution in [-0.4, -0.2) is 80.7 Å². The van der Waals surface area contributed by atoms with Crippen LogP contribution in [-0.2, 0) is 115 Å². The molecule has 0 saturated heterocycles. The minimum Gasteiger partial charge on any atom is -0.358 e. The molecule has 0 aliphatic heterocycles. The van der Waals surface area contributed by atoms with Crippen LogP contribution < -0.4 is 0 Å². The third-order valence-electron chi connectivity index (χ3n) is 37.1. The normalized spacial score (nSPS) is 22.6. The summed E-state index contributed by atoms with van der Waals surface area (Å²) in [7, 11) is -7.87. The van der Waals surface area contributed by atoms with E-state index in [0.717, 1.165) is 49.9 Å². The van der Waals surface area contributed by atoms with Crippen LogP contribution in [0.1, 0.15) is 423 Å². The van der Waals surface area contributed by atoms with Crippen LogP contribution in [0.4, 0.5) is 0 Å². The van der Waals surface area contributed by atoms with E-state index in [-0.39, 0.29) is 167 Å². The van der Waals surface area contributed by atoms with E-state index in [1.807, 2.05) is 0 Å². The molecule has 0 amide bonds. The van der Waals surface area contributed by atoms with Gasteiger partial charge in [0.1, 0.15) is 0 Å². The Morgan fingerprint density at radius 3 is 0.478 bits per heavy atom. The zero-order valence-electron chi connectivity index (χ0n) is 100.0. The molecular weight excluding hydrogens is 2120 g/mol. The molecule has 0 radical (unpaired) electrons. The summed E-state index contributed by atoms with van der Waals surface area (Å²) in [5.41, 5.74) is 10.8. The largest absolute Gasteiger partial charge is 2.00 e. The molecule has 0 aromatic heterocycles. The van der Waals surface area contributed by atoms with Crippen LogP contribution in [0.2, 0.25) is 246 Å². The summed E-state index contributed by atoms with van der Waals surface area (Å²) in [4.78, 5) is 0. The van der Waals surface area contributed by atoms with Crippen LogP contribution in [0, 0.1) is 96.9 Å². The minimum atomic E-state index is -0.840. The van der Waals surface area contributed by atoms with Crippen molar-refractivity contribution in [2.45, 2.75) is 669 Å². The van der Waals surface area contributed by atoms with E-state index in [0.29, 0.717) is 0 Å². The van der Waals surface area contributed by atoms with Gasteiger partial charge in [0.2, 0.25) is 0 Å². The van der Waals surface area contributed by atoms with Crippen molar-refractivity contribution in [1.29, 1.82) is 0 Å². The van der Waals surface area contributed by atoms with Gasteiger partial charge in [-0.15, -0.1) is 0 Å². The molecule has 14 rings (SSSR count). The molecule has 0 aromatic carbocycles. The van der Waals surface area contributed by atoms with Crippen molar-refractivity contribution < 1.29 is 115 Å². The molecular formula is C119H258Ni7Si10. The van der Waals surface area contributed by atoms with Gasteiger partial charge in [-0.25, -0.2) is 0 Å². The molecule has 844 valence electrons. The Balaban J connectivity index is -0.0000000980. The molecule has 0 aromatic rings. The molecule has 14 aliphatic rings. The van der Waals surface area contributed by atoms with Gasteiger partial charge >= 0.3 is 115 Å². The Bertz CT molecular complexity index is 2050. The molecule has 7 unspecified atom stereocenters. The van der Waals surface area contributed by atoms with Crippen LogP contribution in [0.5, 0.6) is 0 Å². The number of rotatable bonds is 22. The third-order valence-corrected chi connectivity index (χ3v) is 82.1. The van der Waals surface area contributed by atoms with Crippen molar-refractivity contribution in [3.05, 3.63) is 96.9 Å². The van der Waals surface area contributed by atoms with Gasteiger partial charge in [0, 0.05) is 64.6 Å². The summed E-state index contributed by atoms with van der Waals surface area (Å²) < 4.78 is 0. The van der Waals surface area contributed by atoms with Gasteiger partial charge in [-0.2, -0.15) is 83.7 Å². The molecule has 17 heteroatoms. The summed E-state index contributed by atoms with van der Waals surface area (Å²) in [5.74, 6) is 0. The van der Waals surface area contributed by atoms with E-state index < -0.39 is 80.7 Å². The standard InChI is InChI=1S/C11H23Si.C10H22Si.2C10H21Si.C9H20Si.2C9H19Si.C8H18Si.2C8H17Si.4C5H10.7CH3.7Ni/c1-4-12(5-2,6-3)11-9-7-8-10-11;3*1-4-11(3,5-2)10-8-6-7-9-10;3*1-4-10(2,3)9-7-5-6-8-9;3*1-9(2,3)8-6-4-5-7-8;4*1-2-4-5-3-1;;;;;;;;;;;;;;/h9,11H,4-8,10H2,1-3H3;10H,4-9H2,1-3H3;2*8,10H,4-7,9H2,1-3H3;9H,4-8H2,1-3H3;2*7,9H,4-6,8H2,1-3H3;8H,4-7H2,1-3H3;2*6,8H,4-5,7H2,1-3H3;4*1-5H2;7*1H3;;;;;;;/q-1;;2*-1;;2*-1;;2*-1;;;;;7*-1;7*+2. The average molecular weight is 2380 g/mol. The average Bonchev–Trinajstić information content (AvgIpc) is 1.63. The van der Waals surface area contributed by atoms with Crippen molar-refractivity contribution in [1.82, 2.24) is 0 Å². The molecule has 7 atom stereocenters. The quantitative estimate of drug-likeness (QED) is 0.0749. The van der Waals surface area contributed by atoms with Gasteiger partial charge in [-0.1, -0.05) is 569 Å². The first-order valence-electron chi connectivity index (χ1n) is 56.6. The summed E-state index contributed by atoms with van der Waals surface area (Å²) >= 11 is 0. The molecule has 14 aliphatic carbocycles. The first kappa shape index (κ1) is 172. The van der Waals surface area contributed by atoms with Crippen molar-refractivity contribution in [3.63, 3.8) is 0 Å². The first-order chi connectivity index (χ1) is 57.8.